The molecule has 0 fully saturated rings. The van der Waals surface area contributed by atoms with Crippen LogP contribution in [0.1, 0.15) is 40.8 Å². The molecular formula is C19H24IN. The zero-order valence-electron chi connectivity index (χ0n) is 13.3. The normalized spacial score (nSPS) is 12.4. The number of hydrogen-bond acceptors (Lipinski definition) is 1. The van der Waals surface area contributed by atoms with Gasteiger partial charge in [0.05, 0.1) is 0 Å². The average molecular weight is 393 g/mol. The van der Waals surface area contributed by atoms with E-state index in [1.807, 2.05) is 0 Å². The second-order valence-corrected chi connectivity index (χ2v) is 6.74. The second kappa shape index (κ2) is 7.41. The van der Waals surface area contributed by atoms with Gasteiger partial charge < -0.3 is 5.32 Å². The van der Waals surface area contributed by atoms with Gasteiger partial charge in [-0.1, -0.05) is 43.3 Å². The summed E-state index contributed by atoms with van der Waals surface area (Å²) in [4.78, 5) is 0. The molecule has 0 spiro atoms. The van der Waals surface area contributed by atoms with E-state index < -0.39 is 0 Å². The molecular weight excluding hydrogens is 369 g/mol. The Labute approximate surface area is 142 Å². The summed E-state index contributed by atoms with van der Waals surface area (Å²) in [6.07, 6.45) is 1.05. The van der Waals surface area contributed by atoms with Crippen molar-refractivity contribution in [1.29, 1.82) is 0 Å². The van der Waals surface area contributed by atoms with Gasteiger partial charge in [0.1, 0.15) is 0 Å². The van der Waals surface area contributed by atoms with Gasteiger partial charge in [0.25, 0.3) is 0 Å². The molecule has 2 rings (SSSR count). The molecule has 112 valence electrons. The molecule has 1 atom stereocenters. The van der Waals surface area contributed by atoms with Crippen LogP contribution in [0.3, 0.4) is 0 Å². The van der Waals surface area contributed by atoms with Crippen molar-refractivity contribution in [2.75, 3.05) is 6.54 Å². The molecule has 1 nitrogen and oxygen atoms in total. The Morgan fingerprint density at radius 2 is 1.52 bits per heavy atom. The van der Waals surface area contributed by atoms with Crippen LogP contribution in [0.5, 0.6) is 0 Å². The van der Waals surface area contributed by atoms with Crippen LogP contribution in [0.25, 0.3) is 0 Å². The maximum absolute atomic E-state index is 3.67. The van der Waals surface area contributed by atoms with Crippen LogP contribution < -0.4 is 5.32 Å². The molecule has 0 heterocycles. The van der Waals surface area contributed by atoms with E-state index in [0.29, 0.717) is 6.04 Å². The lowest BCUT2D eigenvalue weighted by atomic mass is 9.92. The summed E-state index contributed by atoms with van der Waals surface area (Å²) >= 11 is 2.48. The lowest BCUT2D eigenvalue weighted by Gasteiger charge is -2.23. The van der Waals surface area contributed by atoms with E-state index >= 15 is 0 Å². The smallest absolute Gasteiger partial charge is 0.0371 e. The third-order valence-corrected chi connectivity index (χ3v) is 5.57. The van der Waals surface area contributed by atoms with Crippen LogP contribution in [0, 0.1) is 24.3 Å². The Hall–Kier alpha value is -0.870. The lowest BCUT2D eigenvalue weighted by Crippen LogP contribution is -2.24. The van der Waals surface area contributed by atoms with Crippen molar-refractivity contribution in [3.8, 4) is 0 Å². The third kappa shape index (κ3) is 3.86. The highest BCUT2D eigenvalue weighted by Crippen LogP contribution is 2.27. The Bertz CT molecular complexity index is 599. The largest absolute Gasteiger partial charge is 0.310 e. The first-order valence-corrected chi connectivity index (χ1v) is 8.66. The van der Waals surface area contributed by atoms with Crippen molar-refractivity contribution < 1.29 is 0 Å². The van der Waals surface area contributed by atoms with Gasteiger partial charge in [-0.05, 0) is 84.1 Å². The zero-order chi connectivity index (χ0) is 15.4. The van der Waals surface area contributed by atoms with Crippen LogP contribution in [0.4, 0.5) is 0 Å². The van der Waals surface area contributed by atoms with Gasteiger partial charge >= 0.3 is 0 Å². The molecule has 0 aliphatic carbocycles. The lowest BCUT2D eigenvalue weighted by molar-refractivity contribution is 0.545. The third-order valence-electron chi connectivity index (χ3n) is 4.10. The SMILES string of the molecule is CCNC(Cc1c(C)cccc1C)c1cccc(C)c1I. The predicted molar refractivity (Wildman–Crippen MR) is 99.9 cm³/mol. The number of halogens is 1. The molecule has 2 aromatic carbocycles. The van der Waals surface area contributed by atoms with Crippen LogP contribution in [0.2, 0.25) is 0 Å². The molecule has 0 aliphatic rings. The van der Waals surface area contributed by atoms with E-state index in [2.05, 4.69) is 92.0 Å². The molecule has 0 bridgehead atoms. The molecule has 0 saturated heterocycles. The molecule has 0 aromatic heterocycles. The van der Waals surface area contributed by atoms with E-state index in [1.165, 1.54) is 31.4 Å². The Kier molecular flexibility index (Phi) is 5.82. The van der Waals surface area contributed by atoms with Crippen molar-refractivity contribution in [3.63, 3.8) is 0 Å². The molecule has 1 N–H and O–H groups in total. The number of hydrogen-bond donors (Lipinski definition) is 1. The first-order chi connectivity index (χ1) is 10.0. The van der Waals surface area contributed by atoms with Crippen LogP contribution in [-0.2, 0) is 6.42 Å². The minimum absolute atomic E-state index is 0.376. The summed E-state index contributed by atoms with van der Waals surface area (Å²) in [6.45, 7) is 9.78. The second-order valence-electron chi connectivity index (χ2n) is 5.66. The number of rotatable bonds is 5. The predicted octanol–water partition coefficient (Wildman–Crippen LogP) is 5.11. The van der Waals surface area contributed by atoms with E-state index in [0.717, 1.165) is 13.0 Å². The fraction of sp³-hybridized carbons (Fsp3) is 0.368. The Morgan fingerprint density at radius 3 is 2.14 bits per heavy atom. The number of nitrogens with one attached hydrogen (secondary N) is 1. The minimum atomic E-state index is 0.376. The van der Waals surface area contributed by atoms with Gasteiger partial charge in [-0.2, -0.15) is 0 Å². The maximum atomic E-state index is 3.67. The van der Waals surface area contributed by atoms with Crippen molar-refractivity contribution >= 4 is 22.6 Å². The molecule has 0 aliphatic heterocycles. The fourth-order valence-corrected chi connectivity index (χ4v) is 3.59. The summed E-state index contributed by atoms with van der Waals surface area (Å²) in [7, 11) is 0. The van der Waals surface area contributed by atoms with Gasteiger partial charge in [0, 0.05) is 9.61 Å². The highest BCUT2D eigenvalue weighted by Gasteiger charge is 2.17. The summed E-state index contributed by atoms with van der Waals surface area (Å²) in [5, 5.41) is 3.67. The van der Waals surface area contributed by atoms with E-state index in [9.17, 15) is 0 Å². The van der Waals surface area contributed by atoms with Crippen molar-refractivity contribution in [1.82, 2.24) is 5.32 Å². The minimum Gasteiger partial charge on any atom is -0.310 e. The van der Waals surface area contributed by atoms with Gasteiger partial charge in [0.2, 0.25) is 0 Å². The molecule has 0 saturated carbocycles. The molecule has 0 amide bonds. The first-order valence-electron chi connectivity index (χ1n) is 7.58. The van der Waals surface area contributed by atoms with Crippen molar-refractivity contribution in [2.24, 2.45) is 0 Å². The van der Waals surface area contributed by atoms with Gasteiger partial charge in [-0.15, -0.1) is 0 Å². The summed E-state index contributed by atoms with van der Waals surface area (Å²) < 4.78 is 1.38. The average Bonchev–Trinajstić information content (AvgIpc) is 2.45. The molecule has 2 heteroatoms. The zero-order valence-corrected chi connectivity index (χ0v) is 15.5. The number of likely N-dealkylation sites (N-methyl/N-ethyl adjacent to an activating group) is 1. The fourth-order valence-electron chi connectivity index (χ4n) is 2.85. The molecule has 21 heavy (non-hydrogen) atoms. The standard InChI is InChI=1S/C19H24IN/c1-5-21-18(16-11-7-10-15(4)19(16)20)12-17-13(2)8-6-9-14(17)3/h6-11,18,21H,5,12H2,1-4H3. The van der Waals surface area contributed by atoms with Gasteiger partial charge in [-0.3, -0.25) is 0 Å². The van der Waals surface area contributed by atoms with Gasteiger partial charge in [0.15, 0.2) is 0 Å². The van der Waals surface area contributed by atoms with Crippen molar-refractivity contribution in [2.45, 2.75) is 40.2 Å². The molecule has 2 aromatic rings. The monoisotopic (exact) mass is 393 g/mol. The molecule has 0 radical (unpaired) electrons. The quantitative estimate of drug-likeness (QED) is 0.697. The maximum Gasteiger partial charge on any atom is 0.0371 e. The Morgan fingerprint density at radius 1 is 0.952 bits per heavy atom. The van der Waals surface area contributed by atoms with Crippen LogP contribution in [0.15, 0.2) is 36.4 Å². The summed E-state index contributed by atoms with van der Waals surface area (Å²) in [5.41, 5.74) is 7.03. The highest BCUT2D eigenvalue weighted by molar-refractivity contribution is 14.1. The van der Waals surface area contributed by atoms with Gasteiger partial charge in [-0.25, -0.2) is 0 Å². The first kappa shape index (κ1) is 16.5. The van der Waals surface area contributed by atoms with E-state index in [1.54, 1.807) is 0 Å². The summed E-state index contributed by atoms with van der Waals surface area (Å²) in [6, 6.07) is 13.6. The topological polar surface area (TPSA) is 12.0 Å². The van der Waals surface area contributed by atoms with Crippen LogP contribution in [-0.4, -0.2) is 6.54 Å². The highest BCUT2D eigenvalue weighted by atomic mass is 127. The Balaban J connectivity index is 2.38. The van der Waals surface area contributed by atoms with Crippen LogP contribution >= 0.6 is 22.6 Å². The van der Waals surface area contributed by atoms with E-state index in [4.69, 9.17) is 0 Å². The summed E-state index contributed by atoms with van der Waals surface area (Å²) in [5.74, 6) is 0. The van der Waals surface area contributed by atoms with E-state index in [-0.39, 0.29) is 0 Å². The number of aryl methyl sites for hydroxylation is 3. The molecule has 1 unspecified atom stereocenters. The van der Waals surface area contributed by atoms with Crippen molar-refractivity contribution in [3.05, 3.63) is 67.8 Å². The number of benzene rings is 2.